The van der Waals surface area contributed by atoms with E-state index in [0.717, 1.165) is 30.8 Å². The number of carbonyl (C=O) groups is 1. The first-order valence-corrected chi connectivity index (χ1v) is 7.49. The zero-order valence-corrected chi connectivity index (χ0v) is 12.4. The molecule has 0 saturated heterocycles. The predicted molar refractivity (Wildman–Crippen MR) is 79.3 cm³/mol. The van der Waals surface area contributed by atoms with E-state index in [4.69, 9.17) is 15.2 Å². The van der Waals surface area contributed by atoms with Gasteiger partial charge in [-0.05, 0) is 25.0 Å². The predicted octanol–water partition coefficient (Wildman–Crippen LogP) is 1.41. The number of benzene rings is 1. The molecule has 1 aromatic carbocycles. The third kappa shape index (κ3) is 2.58. The minimum atomic E-state index is -0.331. The molecular weight excluding hydrogens is 268 g/mol. The highest BCUT2D eigenvalue weighted by Gasteiger charge is 2.44. The molecular formula is C16H22N2O3. The zero-order valence-electron chi connectivity index (χ0n) is 12.4. The lowest BCUT2D eigenvalue weighted by atomic mass is 9.68. The SMILES string of the molecule is CN(CC1COc2ccccc2O1)C(=O)C1(CN)CCC1. The van der Waals surface area contributed by atoms with Crippen molar-refractivity contribution in [3.8, 4) is 11.5 Å². The van der Waals surface area contributed by atoms with Gasteiger partial charge in [-0.15, -0.1) is 0 Å². The maximum atomic E-state index is 12.5. The summed E-state index contributed by atoms with van der Waals surface area (Å²) in [5.74, 6) is 1.64. The maximum absolute atomic E-state index is 12.5. The van der Waals surface area contributed by atoms with Crippen LogP contribution in [0.5, 0.6) is 11.5 Å². The Morgan fingerprint density at radius 2 is 2.10 bits per heavy atom. The molecule has 1 atom stereocenters. The summed E-state index contributed by atoms with van der Waals surface area (Å²) in [5, 5.41) is 0. The van der Waals surface area contributed by atoms with Gasteiger partial charge >= 0.3 is 0 Å². The number of hydrogen-bond acceptors (Lipinski definition) is 4. The number of rotatable bonds is 4. The summed E-state index contributed by atoms with van der Waals surface area (Å²) in [6.45, 7) is 1.42. The molecule has 0 radical (unpaired) electrons. The molecule has 1 saturated carbocycles. The molecule has 0 spiro atoms. The largest absolute Gasteiger partial charge is 0.486 e. The first-order valence-electron chi connectivity index (χ1n) is 7.49. The molecule has 1 unspecified atom stereocenters. The standard InChI is InChI=1S/C16H22N2O3/c1-18(15(19)16(11-17)7-4-8-16)9-12-10-20-13-5-2-3-6-14(13)21-12/h2-3,5-6,12H,4,7-11,17H2,1H3. The monoisotopic (exact) mass is 290 g/mol. The maximum Gasteiger partial charge on any atom is 0.229 e. The Hall–Kier alpha value is -1.75. The summed E-state index contributed by atoms with van der Waals surface area (Å²) in [6.07, 6.45) is 2.76. The molecule has 2 aliphatic rings. The van der Waals surface area contributed by atoms with Gasteiger partial charge in [0.2, 0.25) is 5.91 Å². The molecule has 1 fully saturated rings. The number of ether oxygens (including phenoxy) is 2. The summed E-state index contributed by atoms with van der Waals surface area (Å²) in [5.41, 5.74) is 5.47. The second kappa shape index (κ2) is 5.56. The van der Waals surface area contributed by atoms with E-state index in [9.17, 15) is 4.79 Å². The quantitative estimate of drug-likeness (QED) is 0.910. The van der Waals surface area contributed by atoms with Crippen LogP contribution in [0.15, 0.2) is 24.3 Å². The van der Waals surface area contributed by atoms with Crippen molar-refractivity contribution in [2.45, 2.75) is 25.4 Å². The van der Waals surface area contributed by atoms with E-state index in [0.29, 0.717) is 19.7 Å². The second-order valence-corrected chi connectivity index (χ2v) is 6.02. The highest BCUT2D eigenvalue weighted by Crippen LogP contribution is 2.41. The molecule has 21 heavy (non-hydrogen) atoms. The van der Waals surface area contributed by atoms with Crippen LogP contribution in [0.2, 0.25) is 0 Å². The van der Waals surface area contributed by atoms with E-state index in [1.54, 1.807) is 4.90 Å². The van der Waals surface area contributed by atoms with Crippen molar-refractivity contribution < 1.29 is 14.3 Å². The number of hydrogen-bond donors (Lipinski definition) is 1. The Bertz CT molecular complexity index is 522. The number of para-hydroxylation sites is 2. The van der Waals surface area contributed by atoms with Crippen molar-refractivity contribution >= 4 is 5.91 Å². The summed E-state index contributed by atoms with van der Waals surface area (Å²) in [6, 6.07) is 7.60. The van der Waals surface area contributed by atoms with E-state index in [2.05, 4.69) is 0 Å². The molecule has 0 aromatic heterocycles. The number of likely N-dealkylation sites (N-methyl/N-ethyl adjacent to an activating group) is 1. The van der Waals surface area contributed by atoms with Crippen molar-refractivity contribution in [1.82, 2.24) is 4.90 Å². The average Bonchev–Trinajstić information content (AvgIpc) is 2.46. The second-order valence-electron chi connectivity index (χ2n) is 6.02. The number of fused-ring (bicyclic) bond motifs is 1. The van der Waals surface area contributed by atoms with Gasteiger partial charge in [0.1, 0.15) is 6.61 Å². The number of carbonyl (C=O) groups excluding carboxylic acids is 1. The molecule has 5 heteroatoms. The van der Waals surface area contributed by atoms with E-state index in [-0.39, 0.29) is 17.4 Å². The zero-order chi connectivity index (χ0) is 14.9. The molecule has 1 aromatic rings. The van der Waals surface area contributed by atoms with Crippen molar-refractivity contribution in [1.29, 1.82) is 0 Å². The highest BCUT2D eigenvalue weighted by atomic mass is 16.6. The number of nitrogens with zero attached hydrogens (tertiary/aromatic N) is 1. The molecule has 3 rings (SSSR count). The molecule has 1 aliphatic carbocycles. The molecule has 0 bridgehead atoms. The summed E-state index contributed by atoms with van der Waals surface area (Å²) in [4.78, 5) is 14.3. The van der Waals surface area contributed by atoms with Crippen LogP contribution in [0.1, 0.15) is 19.3 Å². The smallest absolute Gasteiger partial charge is 0.229 e. The Labute approximate surface area is 125 Å². The Morgan fingerprint density at radius 1 is 1.38 bits per heavy atom. The van der Waals surface area contributed by atoms with E-state index in [1.165, 1.54) is 0 Å². The van der Waals surface area contributed by atoms with Gasteiger partial charge in [0, 0.05) is 13.6 Å². The fourth-order valence-electron chi connectivity index (χ4n) is 3.06. The van der Waals surface area contributed by atoms with Crippen molar-refractivity contribution in [2.75, 3.05) is 26.7 Å². The summed E-state index contributed by atoms with van der Waals surface area (Å²) in [7, 11) is 1.82. The molecule has 1 heterocycles. The van der Waals surface area contributed by atoms with Crippen LogP contribution in [0.4, 0.5) is 0 Å². The number of nitrogens with two attached hydrogens (primary N) is 1. The molecule has 5 nitrogen and oxygen atoms in total. The van der Waals surface area contributed by atoms with Gasteiger partial charge in [-0.2, -0.15) is 0 Å². The van der Waals surface area contributed by atoms with Gasteiger partial charge in [-0.25, -0.2) is 0 Å². The summed E-state index contributed by atoms with van der Waals surface area (Å²) >= 11 is 0. The normalized spacial score (nSPS) is 22.3. The van der Waals surface area contributed by atoms with E-state index in [1.807, 2.05) is 31.3 Å². The van der Waals surface area contributed by atoms with Crippen molar-refractivity contribution in [3.63, 3.8) is 0 Å². The van der Waals surface area contributed by atoms with E-state index < -0.39 is 0 Å². The van der Waals surface area contributed by atoms with Crippen LogP contribution in [-0.2, 0) is 4.79 Å². The third-order valence-electron chi connectivity index (χ3n) is 4.55. The Morgan fingerprint density at radius 3 is 2.71 bits per heavy atom. The average molecular weight is 290 g/mol. The van der Waals surface area contributed by atoms with Crippen molar-refractivity contribution in [3.05, 3.63) is 24.3 Å². The minimum absolute atomic E-state index is 0.135. The van der Waals surface area contributed by atoms with Gasteiger partial charge in [0.25, 0.3) is 0 Å². The summed E-state index contributed by atoms with van der Waals surface area (Å²) < 4.78 is 11.6. The van der Waals surface area contributed by atoms with Crippen LogP contribution < -0.4 is 15.2 Å². The topological polar surface area (TPSA) is 64.8 Å². The van der Waals surface area contributed by atoms with Crippen LogP contribution in [0.3, 0.4) is 0 Å². The van der Waals surface area contributed by atoms with Gasteiger partial charge in [-0.1, -0.05) is 18.6 Å². The number of amides is 1. The molecule has 2 N–H and O–H groups in total. The van der Waals surface area contributed by atoms with Crippen molar-refractivity contribution in [2.24, 2.45) is 11.1 Å². The lowest BCUT2D eigenvalue weighted by Crippen LogP contribution is -2.53. The van der Waals surface area contributed by atoms with Crippen LogP contribution in [-0.4, -0.2) is 43.7 Å². The minimum Gasteiger partial charge on any atom is -0.486 e. The van der Waals surface area contributed by atoms with E-state index >= 15 is 0 Å². The lowest BCUT2D eigenvalue weighted by Gasteiger charge is -2.42. The fraction of sp³-hybridized carbons (Fsp3) is 0.562. The molecule has 1 amide bonds. The van der Waals surface area contributed by atoms with Crippen LogP contribution in [0, 0.1) is 5.41 Å². The van der Waals surface area contributed by atoms with Gasteiger partial charge in [0.05, 0.1) is 12.0 Å². The van der Waals surface area contributed by atoms with Gasteiger partial charge in [0.15, 0.2) is 17.6 Å². The third-order valence-corrected chi connectivity index (χ3v) is 4.55. The van der Waals surface area contributed by atoms with Crippen LogP contribution in [0.25, 0.3) is 0 Å². The Kier molecular flexibility index (Phi) is 3.76. The van der Waals surface area contributed by atoms with Gasteiger partial charge < -0.3 is 20.1 Å². The fourth-order valence-corrected chi connectivity index (χ4v) is 3.06. The first-order chi connectivity index (χ1) is 10.1. The molecule has 1 aliphatic heterocycles. The van der Waals surface area contributed by atoms with Crippen LogP contribution >= 0.6 is 0 Å². The lowest BCUT2D eigenvalue weighted by molar-refractivity contribution is -0.146. The Balaban J connectivity index is 1.61. The first kappa shape index (κ1) is 14.2. The molecule has 114 valence electrons. The van der Waals surface area contributed by atoms with Gasteiger partial charge in [-0.3, -0.25) is 4.79 Å². The highest BCUT2D eigenvalue weighted by molar-refractivity contribution is 5.83.